The number of fused-ring (bicyclic) bond motifs is 1. The first-order valence-electron chi connectivity index (χ1n) is 4.33. The third-order valence-corrected chi connectivity index (χ3v) is 2.85. The van der Waals surface area contributed by atoms with Gasteiger partial charge in [0.2, 0.25) is 0 Å². The molecule has 0 saturated heterocycles. The number of benzene rings is 1. The summed E-state index contributed by atoms with van der Waals surface area (Å²) in [4.78, 5) is 3.31. The fraction of sp³-hybridized carbons (Fsp3) is 0.100. The molecule has 0 saturated carbocycles. The zero-order chi connectivity index (χ0) is 12.8. The highest BCUT2D eigenvalue weighted by Crippen LogP contribution is 2.40. The van der Waals surface area contributed by atoms with E-state index >= 15 is 0 Å². The number of hydrogen-bond acceptors (Lipinski definition) is 2. The van der Waals surface area contributed by atoms with Crippen LogP contribution >= 0.6 is 15.9 Å². The van der Waals surface area contributed by atoms with E-state index in [2.05, 4.69) is 20.9 Å². The first-order valence-corrected chi connectivity index (χ1v) is 5.13. The smallest absolute Gasteiger partial charge is 0.434 e. The number of aromatic nitrogens is 1. The summed E-state index contributed by atoms with van der Waals surface area (Å²) in [6, 6.07) is 2.84. The van der Waals surface area contributed by atoms with Crippen molar-refractivity contribution < 1.29 is 22.7 Å². The van der Waals surface area contributed by atoms with Crippen molar-refractivity contribution in [2.45, 2.75) is 6.18 Å². The van der Waals surface area contributed by atoms with E-state index in [-0.39, 0.29) is 10.9 Å². The molecule has 1 heterocycles. The average Bonchev–Trinajstić information content (AvgIpc) is 2.22. The van der Waals surface area contributed by atoms with E-state index in [9.17, 15) is 22.7 Å². The van der Waals surface area contributed by atoms with Crippen LogP contribution in [0.15, 0.2) is 22.7 Å². The molecule has 0 N–H and O–H groups in total. The van der Waals surface area contributed by atoms with Crippen molar-refractivity contribution in [1.82, 2.24) is 4.98 Å². The standard InChI is InChI=1S/C10H4BrF4NO/c11-7-8(17)5-3-4(12)1-2-6(5)16-9(7)10(13,14)15/h1-3H,(H,16,17)/p-1. The number of rotatable bonds is 0. The maximum atomic E-state index is 12.9. The van der Waals surface area contributed by atoms with E-state index < -0.39 is 27.9 Å². The second-order valence-electron chi connectivity index (χ2n) is 3.26. The molecule has 0 aliphatic carbocycles. The fourth-order valence-electron chi connectivity index (χ4n) is 1.37. The number of hydrogen-bond donors (Lipinski definition) is 0. The Morgan fingerprint density at radius 3 is 2.47 bits per heavy atom. The van der Waals surface area contributed by atoms with Crippen LogP contribution in [0.5, 0.6) is 5.75 Å². The molecular formula is C10H3BrF4NO-. The lowest BCUT2D eigenvalue weighted by Crippen LogP contribution is -2.11. The lowest BCUT2D eigenvalue weighted by Gasteiger charge is -2.17. The average molecular weight is 309 g/mol. The van der Waals surface area contributed by atoms with Gasteiger partial charge in [-0.2, -0.15) is 13.2 Å². The number of pyridine rings is 1. The molecule has 0 atom stereocenters. The van der Waals surface area contributed by atoms with Crippen LogP contribution in [0.25, 0.3) is 10.9 Å². The van der Waals surface area contributed by atoms with Gasteiger partial charge in [-0.3, -0.25) is 0 Å². The van der Waals surface area contributed by atoms with Crippen LogP contribution in [0, 0.1) is 5.82 Å². The van der Waals surface area contributed by atoms with Gasteiger partial charge in [-0.05, 0) is 39.5 Å². The summed E-state index contributed by atoms with van der Waals surface area (Å²) in [6.45, 7) is 0. The lowest BCUT2D eigenvalue weighted by molar-refractivity contribution is -0.267. The van der Waals surface area contributed by atoms with E-state index in [1.807, 2.05) is 0 Å². The first kappa shape index (κ1) is 12.1. The highest BCUT2D eigenvalue weighted by molar-refractivity contribution is 9.10. The number of nitrogens with zero attached hydrogens (tertiary/aromatic N) is 1. The third-order valence-electron chi connectivity index (χ3n) is 2.11. The molecule has 0 spiro atoms. The van der Waals surface area contributed by atoms with Crippen LogP contribution in [0.2, 0.25) is 0 Å². The third kappa shape index (κ3) is 2.06. The summed E-state index contributed by atoms with van der Waals surface area (Å²) in [5.74, 6) is -1.63. The summed E-state index contributed by atoms with van der Waals surface area (Å²) in [5, 5.41) is 11.4. The van der Waals surface area contributed by atoms with Crippen molar-refractivity contribution >= 4 is 26.8 Å². The molecule has 0 fully saturated rings. The maximum Gasteiger partial charge on any atom is 0.434 e. The zero-order valence-electron chi connectivity index (χ0n) is 7.98. The van der Waals surface area contributed by atoms with Crippen LogP contribution in [0.4, 0.5) is 17.6 Å². The van der Waals surface area contributed by atoms with Crippen molar-refractivity contribution in [3.63, 3.8) is 0 Å². The van der Waals surface area contributed by atoms with Gasteiger partial charge in [-0.25, -0.2) is 9.37 Å². The minimum Gasteiger partial charge on any atom is -0.871 e. The van der Waals surface area contributed by atoms with Crippen LogP contribution in [-0.2, 0) is 6.18 Å². The SMILES string of the molecule is [O-]c1c(Br)c(C(F)(F)F)nc2ccc(F)cc12. The predicted molar refractivity (Wildman–Crippen MR) is 53.8 cm³/mol. The van der Waals surface area contributed by atoms with Gasteiger partial charge in [-0.15, -0.1) is 0 Å². The van der Waals surface area contributed by atoms with Crippen molar-refractivity contribution in [3.8, 4) is 5.75 Å². The second kappa shape index (κ2) is 3.83. The molecule has 0 radical (unpaired) electrons. The molecule has 1 aromatic carbocycles. The molecule has 0 unspecified atom stereocenters. The second-order valence-corrected chi connectivity index (χ2v) is 4.06. The van der Waals surface area contributed by atoms with Gasteiger partial charge in [0.25, 0.3) is 0 Å². The summed E-state index contributed by atoms with van der Waals surface area (Å²) in [5.41, 5.74) is -1.49. The van der Waals surface area contributed by atoms with E-state index in [4.69, 9.17) is 0 Å². The van der Waals surface area contributed by atoms with Gasteiger partial charge in [0.1, 0.15) is 5.82 Å². The molecule has 0 aliphatic heterocycles. The molecule has 2 rings (SSSR count). The molecule has 1 aromatic heterocycles. The monoisotopic (exact) mass is 308 g/mol. The van der Waals surface area contributed by atoms with Crippen molar-refractivity contribution in [2.75, 3.05) is 0 Å². The minimum atomic E-state index is -4.74. The molecule has 2 nitrogen and oxygen atoms in total. The van der Waals surface area contributed by atoms with Crippen LogP contribution in [0.1, 0.15) is 5.69 Å². The van der Waals surface area contributed by atoms with Crippen molar-refractivity contribution in [3.05, 3.63) is 34.2 Å². The van der Waals surface area contributed by atoms with Crippen molar-refractivity contribution in [2.24, 2.45) is 0 Å². The van der Waals surface area contributed by atoms with Crippen molar-refractivity contribution in [1.29, 1.82) is 0 Å². The largest absolute Gasteiger partial charge is 0.871 e. The van der Waals surface area contributed by atoms with Gasteiger partial charge in [0.15, 0.2) is 5.69 Å². The van der Waals surface area contributed by atoms with Crippen LogP contribution in [0.3, 0.4) is 0 Å². The maximum absolute atomic E-state index is 12.9. The highest BCUT2D eigenvalue weighted by atomic mass is 79.9. The summed E-state index contributed by atoms with van der Waals surface area (Å²) < 4.78 is 49.8. The predicted octanol–water partition coefficient (Wildman–Crippen LogP) is 3.23. The quantitative estimate of drug-likeness (QED) is 0.701. The Labute approximate surface area is 101 Å². The van der Waals surface area contributed by atoms with Gasteiger partial charge >= 0.3 is 6.18 Å². The Morgan fingerprint density at radius 2 is 1.88 bits per heavy atom. The molecule has 7 heteroatoms. The van der Waals surface area contributed by atoms with E-state index in [1.54, 1.807) is 0 Å². The molecule has 17 heavy (non-hydrogen) atoms. The normalized spacial score (nSPS) is 12.1. The summed E-state index contributed by atoms with van der Waals surface area (Å²) >= 11 is 2.54. The van der Waals surface area contributed by atoms with Gasteiger partial charge in [-0.1, -0.05) is 5.75 Å². The van der Waals surface area contributed by atoms with Gasteiger partial charge < -0.3 is 5.11 Å². The Kier molecular flexibility index (Phi) is 2.73. The number of halogens is 5. The van der Waals surface area contributed by atoms with Gasteiger partial charge in [0.05, 0.1) is 5.52 Å². The summed E-state index contributed by atoms with van der Waals surface area (Å²) in [6.07, 6.45) is -4.74. The molecule has 90 valence electrons. The minimum absolute atomic E-state index is 0.188. The molecule has 2 aromatic rings. The number of alkyl halides is 3. The first-order chi connectivity index (χ1) is 7.80. The zero-order valence-corrected chi connectivity index (χ0v) is 9.56. The molecule has 0 aliphatic rings. The topological polar surface area (TPSA) is 36.0 Å². The Hall–Kier alpha value is -1.37. The Bertz CT molecular complexity index is 597. The molecule has 0 amide bonds. The van der Waals surface area contributed by atoms with Gasteiger partial charge in [0, 0.05) is 4.47 Å². The summed E-state index contributed by atoms with van der Waals surface area (Å²) in [7, 11) is 0. The molecule has 0 bridgehead atoms. The van der Waals surface area contributed by atoms with E-state index in [0.29, 0.717) is 0 Å². The van der Waals surface area contributed by atoms with E-state index in [1.165, 1.54) is 0 Å². The molecular weight excluding hydrogens is 306 g/mol. The lowest BCUT2D eigenvalue weighted by atomic mass is 10.1. The highest BCUT2D eigenvalue weighted by Gasteiger charge is 2.35. The van der Waals surface area contributed by atoms with Crippen LogP contribution < -0.4 is 5.11 Å². The van der Waals surface area contributed by atoms with Crippen LogP contribution in [-0.4, -0.2) is 4.98 Å². The fourth-order valence-corrected chi connectivity index (χ4v) is 1.90. The Morgan fingerprint density at radius 1 is 1.24 bits per heavy atom. The Balaban J connectivity index is 2.85. The van der Waals surface area contributed by atoms with E-state index in [0.717, 1.165) is 18.2 Å².